The number of hydrogen-bond acceptors (Lipinski definition) is 2. The van der Waals surface area contributed by atoms with Crippen LogP contribution in [0.15, 0.2) is 52.8 Å². The Bertz CT molecular complexity index is 1180. The number of alkyl halides is 3. The fourth-order valence-corrected chi connectivity index (χ4v) is 4.59. The fourth-order valence-electron chi connectivity index (χ4n) is 3.45. The summed E-state index contributed by atoms with van der Waals surface area (Å²) in [6, 6.07) is 4.74. The topological polar surface area (TPSA) is 51.1 Å². The third kappa shape index (κ3) is 2.98. The zero-order chi connectivity index (χ0) is 21.3. The van der Waals surface area contributed by atoms with Gasteiger partial charge >= 0.3 is 13.1 Å². The highest BCUT2D eigenvalue weighted by Gasteiger charge is 2.54. The second-order valence-corrected chi connectivity index (χ2v) is 7.93. The molecule has 0 aliphatic carbocycles. The average Bonchev–Trinajstić information content (AvgIpc) is 3.19. The average molecular weight is 539 g/mol. The molecule has 150 valence electrons. The summed E-state index contributed by atoms with van der Waals surface area (Å²) in [6.07, 6.45) is -2.19. The first-order valence-corrected chi connectivity index (χ1v) is 9.52. The molecule has 5 nitrogen and oxygen atoms in total. The highest BCUT2D eigenvalue weighted by Crippen LogP contribution is 2.44. The summed E-state index contributed by atoms with van der Waals surface area (Å²) in [4.78, 5) is 10.3. The van der Waals surface area contributed by atoms with Gasteiger partial charge in [-0.2, -0.15) is 13.2 Å². The number of nitro groups is 1. The molecule has 1 aromatic carbocycles. The minimum Gasteiger partial charge on any atom is -0.389 e. The van der Waals surface area contributed by atoms with Gasteiger partial charge in [0.25, 0.3) is 5.69 Å². The molecule has 4 rings (SSSR count). The first-order valence-electron chi connectivity index (χ1n) is 7.93. The van der Waals surface area contributed by atoms with Crippen LogP contribution in [0, 0.1) is 10.1 Å². The summed E-state index contributed by atoms with van der Waals surface area (Å²) in [5.74, 6) is 0. The maximum absolute atomic E-state index is 15.2. The predicted molar refractivity (Wildman–Crippen MR) is 103 cm³/mol. The number of benzene rings is 1. The Labute approximate surface area is 176 Å². The fraction of sp³-hybridized carbons (Fsp3) is 0.0625. The monoisotopic (exact) mass is 537 g/mol. The molecule has 0 spiro atoms. The van der Waals surface area contributed by atoms with E-state index in [0.29, 0.717) is 15.0 Å². The minimum absolute atomic E-state index is 0.0164. The lowest BCUT2D eigenvalue weighted by Gasteiger charge is -2.32. The molecule has 0 N–H and O–H groups in total. The van der Waals surface area contributed by atoms with Gasteiger partial charge in [-0.15, -0.1) is 0 Å². The number of fused-ring (bicyclic) bond motifs is 2. The van der Waals surface area contributed by atoms with E-state index in [1.54, 1.807) is 0 Å². The molecule has 0 bridgehead atoms. The molecule has 3 heterocycles. The second kappa shape index (κ2) is 6.36. The molecule has 2 aliphatic heterocycles. The number of aromatic nitrogens is 1. The predicted octanol–water partition coefficient (Wildman–Crippen LogP) is 5.55. The molecular weight excluding hydrogens is 532 g/mol. The Morgan fingerprint density at radius 1 is 1.10 bits per heavy atom. The van der Waals surface area contributed by atoms with Crippen LogP contribution in [-0.2, 0) is 6.18 Å². The third-order valence-electron chi connectivity index (χ3n) is 4.61. The van der Waals surface area contributed by atoms with E-state index in [-0.39, 0.29) is 31.8 Å². The van der Waals surface area contributed by atoms with Crippen molar-refractivity contribution in [3.8, 4) is 0 Å². The number of non-ortho nitro benzene ring substituents is 1. The quantitative estimate of drug-likeness (QED) is 0.218. The van der Waals surface area contributed by atoms with E-state index in [2.05, 4.69) is 31.9 Å². The summed E-state index contributed by atoms with van der Waals surface area (Å²) in [5, 5.41) is 11.2. The first kappa shape index (κ1) is 20.0. The Hall–Kier alpha value is -2.28. The lowest BCUT2D eigenvalue weighted by molar-refractivity contribution is -0.385. The van der Waals surface area contributed by atoms with E-state index >= 15 is 8.63 Å². The second-order valence-electron chi connectivity index (χ2n) is 6.31. The van der Waals surface area contributed by atoms with Crippen molar-refractivity contribution in [3.05, 3.63) is 79.7 Å². The van der Waals surface area contributed by atoms with Crippen LogP contribution < -0.4 is 0 Å². The zero-order valence-corrected chi connectivity index (χ0v) is 17.1. The van der Waals surface area contributed by atoms with Gasteiger partial charge in [0.2, 0.25) is 4.62 Å². The number of hydrogen-bond donors (Lipinski definition) is 0. The molecular formula is C16H7BBr2F5N3O2. The third-order valence-corrected chi connectivity index (χ3v) is 5.91. The molecule has 0 radical (unpaired) electrons. The molecule has 1 aromatic heterocycles. The van der Waals surface area contributed by atoms with Crippen LogP contribution in [0.3, 0.4) is 0 Å². The molecule has 0 atom stereocenters. The minimum atomic E-state index is -4.85. The molecule has 2 aromatic rings. The lowest BCUT2D eigenvalue weighted by atomic mass is 9.86. The summed E-state index contributed by atoms with van der Waals surface area (Å²) < 4.78 is 71.7. The molecule has 13 heteroatoms. The Kier molecular flexibility index (Phi) is 4.39. The number of halogens is 7. The van der Waals surface area contributed by atoms with Gasteiger partial charge in [-0.3, -0.25) is 10.1 Å². The van der Waals surface area contributed by atoms with Gasteiger partial charge in [0, 0.05) is 45.9 Å². The smallest absolute Gasteiger partial charge is 0.389 e. The van der Waals surface area contributed by atoms with Crippen LogP contribution in [0.25, 0.3) is 5.57 Å². The van der Waals surface area contributed by atoms with Gasteiger partial charge in [-0.1, -0.05) is 0 Å². The molecule has 29 heavy (non-hydrogen) atoms. The van der Waals surface area contributed by atoms with Gasteiger partial charge in [0.15, 0.2) is 5.70 Å². The number of nitro benzene ring substituents is 1. The van der Waals surface area contributed by atoms with Crippen LogP contribution in [-0.4, -0.2) is 25.5 Å². The first-order chi connectivity index (χ1) is 13.4. The largest absolute Gasteiger partial charge is 0.738 e. The normalized spacial score (nSPS) is 17.6. The SMILES string of the molecule is O=[N+]([O-])c1cc(C2=C3C=CC(Br)=[N+]3[B-](F)(F)n3c(Br)ccc32)cc(C(F)(F)F)c1. The Balaban J connectivity index is 2.10. The van der Waals surface area contributed by atoms with Crippen molar-refractivity contribution in [2.24, 2.45) is 0 Å². The Morgan fingerprint density at radius 2 is 1.79 bits per heavy atom. The van der Waals surface area contributed by atoms with Crippen LogP contribution in [0.5, 0.6) is 0 Å². The molecule has 0 unspecified atom stereocenters. The van der Waals surface area contributed by atoms with Crippen LogP contribution in [0.4, 0.5) is 27.5 Å². The maximum Gasteiger partial charge on any atom is 0.738 e. The van der Waals surface area contributed by atoms with E-state index in [0.717, 1.165) is 12.1 Å². The molecule has 0 saturated heterocycles. The molecule has 2 aliphatic rings. The van der Waals surface area contributed by atoms with Gasteiger partial charge in [-0.25, -0.2) is 0 Å². The number of rotatable bonds is 2. The van der Waals surface area contributed by atoms with Crippen molar-refractivity contribution >= 4 is 54.7 Å². The van der Waals surface area contributed by atoms with E-state index in [1.165, 1.54) is 24.3 Å². The van der Waals surface area contributed by atoms with Gasteiger partial charge in [0.05, 0.1) is 20.7 Å². The molecule has 0 saturated carbocycles. The van der Waals surface area contributed by atoms with E-state index in [1.807, 2.05) is 0 Å². The zero-order valence-electron chi connectivity index (χ0n) is 13.9. The van der Waals surface area contributed by atoms with Crippen molar-refractivity contribution in [2.45, 2.75) is 6.18 Å². The summed E-state index contributed by atoms with van der Waals surface area (Å²) in [6.45, 7) is -4.36. The van der Waals surface area contributed by atoms with E-state index in [4.69, 9.17) is 0 Å². The van der Waals surface area contributed by atoms with E-state index < -0.39 is 29.3 Å². The van der Waals surface area contributed by atoms with Crippen molar-refractivity contribution in [1.82, 2.24) is 4.48 Å². The molecule has 0 fully saturated rings. The number of allylic oxidation sites excluding steroid dienone is 2. The maximum atomic E-state index is 15.2. The highest BCUT2D eigenvalue weighted by molar-refractivity contribution is 9.18. The van der Waals surface area contributed by atoms with Gasteiger partial charge < -0.3 is 17.6 Å². The molecule has 0 amide bonds. The van der Waals surface area contributed by atoms with Crippen LogP contribution in [0.1, 0.15) is 16.8 Å². The van der Waals surface area contributed by atoms with Crippen molar-refractivity contribution < 1.29 is 31.2 Å². The van der Waals surface area contributed by atoms with Gasteiger partial charge in [-0.05, 0) is 39.7 Å². The standard InChI is InChI=1S/C16H7BBr2F5N3O2/c18-13-3-1-11-15(12-2-4-14(19)26(12)17(23,24)25(11)13)8-5-9(16(20,21)22)7-10(6-8)27(28)29/h1-7H. The van der Waals surface area contributed by atoms with Crippen molar-refractivity contribution in [2.75, 3.05) is 0 Å². The van der Waals surface area contributed by atoms with Crippen LogP contribution in [0.2, 0.25) is 0 Å². The van der Waals surface area contributed by atoms with Gasteiger partial charge in [0.1, 0.15) is 0 Å². The Morgan fingerprint density at radius 3 is 2.41 bits per heavy atom. The van der Waals surface area contributed by atoms with Crippen molar-refractivity contribution in [1.29, 1.82) is 0 Å². The lowest BCUT2D eigenvalue weighted by Crippen LogP contribution is -2.50. The number of nitrogens with zero attached hydrogens (tertiary/aromatic N) is 3. The summed E-state index contributed by atoms with van der Waals surface area (Å²) in [5.41, 5.74) is -2.34. The summed E-state index contributed by atoms with van der Waals surface area (Å²) >= 11 is 6.09. The van der Waals surface area contributed by atoms with Crippen LogP contribution >= 0.6 is 31.9 Å². The summed E-state index contributed by atoms with van der Waals surface area (Å²) in [7, 11) is 0. The highest BCUT2D eigenvalue weighted by atomic mass is 79.9. The van der Waals surface area contributed by atoms with E-state index in [9.17, 15) is 23.3 Å². The van der Waals surface area contributed by atoms with Crippen molar-refractivity contribution in [3.63, 3.8) is 0 Å².